The Morgan fingerprint density at radius 1 is 1.42 bits per heavy atom. The summed E-state index contributed by atoms with van der Waals surface area (Å²) >= 11 is 5.50. The summed E-state index contributed by atoms with van der Waals surface area (Å²) in [4.78, 5) is 13.2. The van der Waals surface area contributed by atoms with E-state index in [1.54, 1.807) is 0 Å². The molecule has 2 nitrogen and oxygen atoms in total. The third kappa shape index (κ3) is 3.44. The molecule has 0 fully saturated rings. The molecule has 0 aromatic carbocycles. The number of halogens is 1. The highest BCUT2D eigenvalue weighted by molar-refractivity contribution is 6.27. The average Bonchev–Trinajstić information content (AvgIpc) is 1.96. The first-order valence-corrected chi connectivity index (χ1v) is 4.83. The van der Waals surface area contributed by atoms with Crippen LogP contribution in [-0.2, 0) is 4.79 Å². The predicted molar refractivity (Wildman–Crippen MR) is 52.5 cm³/mol. The topological polar surface area (TPSA) is 20.3 Å². The molecule has 0 aliphatic rings. The van der Waals surface area contributed by atoms with Gasteiger partial charge < -0.3 is 4.90 Å². The van der Waals surface area contributed by atoms with Crippen molar-refractivity contribution in [3.05, 3.63) is 0 Å². The van der Waals surface area contributed by atoms with E-state index >= 15 is 0 Å². The second-order valence-corrected chi connectivity index (χ2v) is 4.12. The van der Waals surface area contributed by atoms with Crippen molar-refractivity contribution in [3.8, 4) is 0 Å². The van der Waals surface area contributed by atoms with Crippen LogP contribution in [0.15, 0.2) is 0 Å². The molecule has 0 heterocycles. The highest BCUT2D eigenvalue weighted by atomic mass is 35.5. The van der Waals surface area contributed by atoms with Crippen LogP contribution in [0.1, 0.15) is 34.1 Å². The van der Waals surface area contributed by atoms with Crippen LogP contribution in [0.3, 0.4) is 0 Å². The SMILES string of the molecule is CCCN(C(=O)CCl)C(C)(C)C. The van der Waals surface area contributed by atoms with Gasteiger partial charge in [-0.2, -0.15) is 0 Å². The van der Waals surface area contributed by atoms with E-state index in [0.29, 0.717) is 0 Å². The number of hydrogen-bond donors (Lipinski definition) is 0. The molecule has 0 N–H and O–H groups in total. The minimum atomic E-state index is -0.109. The Morgan fingerprint density at radius 3 is 2.17 bits per heavy atom. The number of carbonyl (C=O) groups is 1. The highest BCUT2D eigenvalue weighted by Crippen LogP contribution is 2.14. The molecule has 0 radical (unpaired) electrons. The van der Waals surface area contributed by atoms with Crippen LogP contribution in [0.4, 0.5) is 0 Å². The number of amides is 1. The maximum Gasteiger partial charge on any atom is 0.237 e. The molecule has 72 valence electrons. The zero-order valence-corrected chi connectivity index (χ0v) is 9.11. The minimum absolute atomic E-state index is 0.0195. The van der Waals surface area contributed by atoms with E-state index in [2.05, 4.69) is 6.92 Å². The van der Waals surface area contributed by atoms with Crippen LogP contribution in [0.2, 0.25) is 0 Å². The number of nitrogens with zero attached hydrogens (tertiary/aromatic N) is 1. The van der Waals surface area contributed by atoms with Gasteiger partial charge in [0.15, 0.2) is 0 Å². The summed E-state index contributed by atoms with van der Waals surface area (Å²) in [6, 6.07) is 0. The van der Waals surface area contributed by atoms with E-state index in [0.717, 1.165) is 13.0 Å². The number of carbonyl (C=O) groups excluding carboxylic acids is 1. The van der Waals surface area contributed by atoms with E-state index in [9.17, 15) is 4.79 Å². The van der Waals surface area contributed by atoms with Crippen molar-refractivity contribution in [1.82, 2.24) is 4.90 Å². The van der Waals surface area contributed by atoms with Gasteiger partial charge in [-0.05, 0) is 27.2 Å². The highest BCUT2D eigenvalue weighted by Gasteiger charge is 2.24. The maximum atomic E-state index is 11.3. The van der Waals surface area contributed by atoms with Gasteiger partial charge in [-0.25, -0.2) is 0 Å². The second-order valence-electron chi connectivity index (χ2n) is 3.85. The van der Waals surface area contributed by atoms with Crippen molar-refractivity contribution in [2.45, 2.75) is 39.7 Å². The second kappa shape index (κ2) is 4.70. The zero-order chi connectivity index (χ0) is 9.78. The van der Waals surface area contributed by atoms with Crippen molar-refractivity contribution in [2.24, 2.45) is 0 Å². The minimum Gasteiger partial charge on any atom is -0.337 e. The molecule has 0 saturated carbocycles. The normalized spacial score (nSPS) is 11.4. The molecule has 0 bridgehead atoms. The Bertz CT molecular complexity index is 151. The first-order chi connectivity index (χ1) is 5.43. The van der Waals surface area contributed by atoms with E-state index in [1.165, 1.54) is 0 Å². The lowest BCUT2D eigenvalue weighted by Gasteiger charge is -2.35. The third-order valence-electron chi connectivity index (χ3n) is 1.67. The van der Waals surface area contributed by atoms with Gasteiger partial charge in [-0.15, -0.1) is 11.6 Å². The standard InChI is InChI=1S/C9H18ClNO/c1-5-6-11(8(12)7-10)9(2,3)4/h5-7H2,1-4H3. The molecule has 0 aromatic heterocycles. The van der Waals surface area contributed by atoms with Crippen molar-refractivity contribution < 1.29 is 4.79 Å². The van der Waals surface area contributed by atoms with Gasteiger partial charge in [0.25, 0.3) is 0 Å². The fourth-order valence-corrected chi connectivity index (χ4v) is 1.27. The molecular formula is C9H18ClNO. The van der Waals surface area contributed by atoms with Crippen LogP contribution < -0.4 is 0 Å². The quantitative estimate of drug-likeness (QED) is 0.627. The Labute approximate surface area is 79.9 Å². The molecular weight excluding hydrogens is 174 g/mol. The van der Waals surface area contributed by atoms with Crippen LogP contribution in [0.5, 0.6) is 0 Å². The summed E-state index contributed by atoms with van der Waals surface area (Å²) in [7, 11) is 0. The summed E-state index contributed by atoms with van der Waals surface area (Å²) in [6.07, 6.45) is 0.972. The van der Waals surface area contributed by atoms with Gasteiger partial charge in [0, 0.05) is 12.1 Å². The monoisotopic (exact) mass is 191 g/mol. The molecule has 0 rings (SSSR count). The van der Waals surface area contributed by atoms with Crippen molar-refractivity contribution in [2.75, 3.05) is 12.4 Å². The predicted octanol–water partition coefficient (Wildman–Crippen LogP) is 2.26. The average molecular weight is 192 g/mol. The van der Waals surface area contributed by atoms with Crippen molar-refractivity contribution >= 4 is 17.5 Å². The maximum absolute atomic E-state index is 11.3. The van der Waals surface area contributed by atoms with E-state index in [-0.39, 0.29) is 17.3 Å². The third-order valence-corrected chi connectivity index (χ3v) is 1.90. The molecule has 1 amide bonds. The number of hydrogen-bond acceptors (Lipinski definition) is 1. The molecule has 0 spiro atoms. The van der Waals surface area contributed by atoms with Gasteiger partial charge in [0.1, 0.15) is 5.88 Å². The Morgan fingerprint density at radius 2 is 1.92 bits per heavy atom. The number of rotatable bonds is 3. The van der Waals surface area contributed by atoms with Crippen LogP contribution in [0, 0.1) is 0 Å². The van der Waals surface area contributed by atoms with Gasteiger partial charge in [0.05, 0.1) is 0 Å². The fraction of sp³-hybridized carbons (Fsp3) is 0.889. The lowest BCUT2D eigenvalue weighted by atomic mass is 10.1. The van der Waals surface area contributed by atoms with Gasteiger partial charge >= 0.3 is 0 Å². The summed E-state index contributed by atoms with van der Waals surface area (Å²) < 4.78 is 0. The molecule has 0 aromatic rings. The van der Waals surface area contributed by atoms with Crippen LogP contribution >= 0.6 is 11.6 Å². The lowest BCUT2D eigenvalue weighted by molar-refractivity contribution is -0.133. The Hall–Kier alpha value is -0.240. The Balaban J connectivity index is 4.33. The summed E-state index contributed by atoms with van der Waals surface area (Å²) in [5.74, 6) is 0.100. The van der Waals surface area contributed by atoms with E-state index in [4.69, 9.17) is 11.6 Å². The van der Waals surface area contributed by atoms with Crippen LogP contribution in [-0.4, -0.2) is 28.8 Å². The molecule has 0 unspecified atom stereocenters. The molecule has 0 atom stereocenters. The first-order valence-electron chi connectivity index (χ1n) is 4.30. The zero-order valence-electron chi connectivity index (χ0n) is 8.35. The molecule has 0 aliphatic heterocycles. The largest absolute Gasteiger partial charge is 0.337 e. The Kier molecular flexibility index (Phi) is 4.61. The van der Waals surface area contributed by atoms with Crippen molar-refractivity contribution in [1.29, 1.82) is 0 Å². The first kappa shape index (κ1) is 11.8. The number of alkyl halides is 1. The molecule has 12 heavy (non-hydrogen) atoms. The van der Waals surface area contributed by atoms with E-state index in [1.807, 2.05) is 25.7 Å². The smallest absolute Gasteiger partial charge is 0.237 e. The molecule has 3 heteroatoms. The summed E-state index contributed by atoms with van der Waals surface area (Å²) in [6.45, 7) is 8.91. The lowest BCUT2D eigenvalue weighted by Crippen LogP contribution is -2.46. The van der Waals surface area contributed by atoms with Crippen LogP contribution in [0.25, 0.3) is 0 Å². The fourth-order valence-electron chi connectivity index (χ4n) is 1.13. The van der Waals surface area contributed by atoms with E-state index < -0.39 is 0 Å². The van der Waals surface area contributed by atoms with Gasteiger partial charge in [-0.3, -0.25) is 4.79 Å². The molecule has 0 saturated heterocycles. The molecule has 0 aliphatic carbocycles. The van der Waals surface area contributed by atoms with Crippen molar-refractivity contribution in [3.63, 3.8) is 0 Å². The summed E-state index contributed by atoms with van der Waals surface area (Å²) in [5.41, 5.74) is -0.109. The van der Waals surface area contributed by atoms with Gasteiger partial charge in [0.2, 0.25) is 5.91 Å². The summed E-state index contributed by atoms with van der Waals surface area (Å²) in [5, 5.41) is 0. The van der Waals surface area contributed by atoms with Gasteiger partial charge in [-0.1, -0.05) is 6.92 Å².